The van der Waals surface area contributed by atoms with E-state index >= 15 is 0 Å². The summed E-state index contributed by atoms with van der Waals surface area (Å²) in [5, 5.41) is 14.4. The van der Waals surface area contributed by atoms with E-state index in [2.05, 4.69) is 5.32 Å². The number of anilines is 2. The molecule has 1 unspecified atom stereocenters. The summed E-state index contributed by atoms with van der Waals surface area (Å²) in [5.41, 5.74) is 2.75. The zero-order valence-corrected chi connectivity index (χ0v) is 13.6. The van der Waals surface area contributed by atoms with Crippen LogP contribution in [0, 0.1) is 17.0 Å². The van der Waals surface area contributed by atoms with Crippen LogP contribution in [0.5, 0.6) is 5.75 Å². The standard InChI is InChI=1S/C18H15N3O4/c1-10-6-7-15-11(8-10)17(22)12-9-19-13-4-3-5-14(21(23)24)16(13)20(2)18(12)25-15/h3-9,18-19H,1-2H3. The van der Waals surface area contributed by atoms with E-state index in [-0.39, 0.29) is 11.5 Å². The SMILES string of the molecule is Cc1ccc2c(c1)C(=O)C1=CNc3cccc([N+](=O)[O-])c3N(C)C1O2. The fourth-order valence-electron chi connectivity index (χ4n) is 3.24. The maximum Gasteiger partial charge on any atom is 0.294 e. The predicted octanol–water partition coefficient (Wildman–Crippen LogP) is 3.25. The lowest BCUT2D eigenvalue weighted by atomic mass is 9.97. The van der Waals surface area contributed by atoms with Crippen molar-refractivity contribution in [2.75, 3.05) is 17.3 Å². The molecule has 7 nitrogen and oxygen atoms in total. The molecular formula is C18H15N3O4. The fraction of sp³-hybridized carbons (Fsp3) is 0.167. The lowest BCUT2D eigenvalue weighted by Crippen LogP contribution is -2.43. The number of nitrogens with one attached hydrogen (secondary N) is 1. The molecule has 2 aromatic carbocycles. The molecule has 2 heterocycles. The van der Waals surface area contributed by atoms with E-state index in [0.717, 1.165) is 5.56 Å². The van der Waals surface area contributed by atoms with Crippen LogP contribution in [0.15, 0.2) is 48.2 Å². The molecule has 4 rings (SSSR count). The first-order chi connectivity index (χ1) is 12.0. The minimum Gasteiger partial charge on any atom is -0.465 e. The second kappa shape index (κ2) is 5.34. The van der Waals surface area contributed by atoms with E-state index in [1.54, 1.807) is 42.4 Å². The zero-order chi connectivity index (χ0) is 17.7. The van der Waals surface area contributed by atoms with Gasteiger partial charge in [0.15, 0.2) is 5.78 Å². The van der Waals surface area contributed by atoms with Crippen molar-refractivity contribution < 1.29 is 14.5 Å². The second-order valence-corrected chi connectivity index (χ2v) is 6.08. The molecule has 1 N–H and O–H groups in total. The molecule has 0 amide bonds. The van der Waals surface area contributed by atoms with Crippen LogP contribution in [-0.2, 0) is 0 Å². The third kappa shape index (κ3) is 2.24. The molecular weight excluding hydrogens is 322 g/mol. The van der Waals surface area contributed by atoms with E-state index in [4.69, 9.17) is 4.74 Å². The van der Waals surface area contributed by atoms with Gasteiger partial charge in [0, 0.05) is 19.3 Å². The third-order valence-electron chi connectivity index (χ3n) is 4.45. The quantitative estimate of drug-likeness (QED) is 0.635. The van der Waals surface area contributed by atoms with Gasteiger partial charge >= 0.3 is 0 Å². The number of carbonyl (C=O) groups is 1. The fourth-order valence-corrected chi connectivity index (χ4v) is 3.24. The number of hydrogen-bond donors (Lipinski definition) is 1. The van der Waals surface area contributed by atoms with Crippen molar-refractivity contribution in [2.24, 2.45) is 0 Å². The zero-order valence-electron chi connectivity index (χ0n) is 13.6. The number of carbonyl (C=O) groups excluding carboxylic acids is 1. The number of nitro benzene ring substituents is 1. The summed E-state index contributed by atoms with van der Waals surface area (Å²) < 4.78 is 6.02. The van der Waals surface area contributed by atoms with Crippen LogP contribution in [0.25, 0.3) is 0 Å². The van der Waals surface area contributed by atoms with Gasteiger partial charge in [0.25, 0.3) is 5.69 Å². The van der Waals surface area contributed by atoms with E-state index in [1.807, 2.05) is 13.0 Å². The molecule has 2 aromatic rings. The predicted molar refractivity (Wildman–Crippen MR) is 93.1 cm³/mol. The molecule has 0 radical (unpaired) electrons. The van der Waals surface area contributed by atoms with Crippen molar-refractivity contribution in [3.63, 3.8) is 0 Å². The molecule has 2 aliphatic rings. The molecule has 2 aliphatic heterocycles. The number of Topliss-reactive ketones (excluding diaryl/α,β-unsaturated/α-hetero) is 1. The number of para-hydroxylation sites is 1. The Morgan fingerprint density at radius 1 is 1.28 bits per heavy atom. The topological polar surface area (TPSA) is 84.7 Å². The van der Waals surface area contributed by atoms with Crippen molar-refractivity contribution in [2.45, 2.75) is 13.2 Å². The number of benzene rings is 2. The van der Waals surface area contributed by atoms with E-state index in [1.165, 1.54) is 6.07 Å². The highest BCUT2D eigenvalue weighted by atomic mass is 16.6. The summed E-state index contributed by atoms with van der Waals surface area (Å²) in [4.78, 5) is 25.5. The number of aryl methyl sites for hydroxylation is 1. The Hall–Kier alpha value is -3.35. The van der Waals surface area contributed by atoms with Crippen molar-refractivity contribution in [1.82, 2.24) is 0 Å². The van der Waals surface area contributed by atoms with Gasteiger partial charge in [-0.25, -0.2) is 0 Å². The first-order valence-electron chi connectivity index (χ1n) is 7.76. The smallest absolute Gasteiger partial charge is 0.294 e. The Bertz CT molecular complexity index is 951. The number of ether oxygens (including phenoxy) is 1. The first-order valence-corrected chi connectivity index (χ1v) is 7.76. The summed E-state index contributed by atoms with van der Waals surface area (Å²) in [5.74, 6) is 0.330. The Morgan fingerprint density at radius 2 is 2.08 bits per heavy atom. The van der Waals surface area contributed by atoms with Gasteiger partial charge in [0.05, 0.1) is 21.7 Å². The number of ketones is 1. The lowest BCUT2D eigenvalue weighted by Gasteiger charge is -2.33. The van der Waals surface area contributed by atoms with Gasteiger partial charge in [-0.2, -0.15) is 0 Å². The molecule has 0 saturated heterocycles. The van der Waals surface area contributed by atoms with E-state index in [9.17, 15) is 14.9 Å². The summed E-state index contributed by atoms with van der Waals surface area (Å²) in [6.45, 7) is 1.91. The highest BCUT2D eigenvalue weighted by Gasteiger charge is 2.39. The van der Waals surface area contributed by atoms with Gasteiger partial charge in [-0.15, -0.1) is 0 Å². The largest absolute Gasteiger partial charge is 0.465 e. The maximum absolute atomic E-state index is 12.9. The third-order valence-corrected chi connectivity index (χ3v) is 4.45. The molecule has 126 valence electrons. The molecule has 0 saturated carbocycles. The molecule has 0 aliphatic carbocycles. The van der Waals surface area contributed by atoms with Crippen LogP contribution in [0.3, 0.4) is 0 Å². The van der Waals surface area contributed by atoms with Crippen molar-refractivity contribution in [1.29, 1.82) is 0 Å². The van der Waals surface area contributed by atoms with Crippen molar-refractivity contribution in [3.05, 3.63) is 69.4 Å². The highest BCUT2D eigenvalue weighted by Crippen LogP contribution is 2.42. The number of rotatable bonds is 1. The van der Waals surface area contributed by atoms with Gasteiger partial charge in [-0.3, -0.25) is 14.9 Å². The number of fused-ring (bicyclic) bond motifs is 3. The van der Waals surface area contributed by atoms with E-state index < -0.39 is 11.2 Å². The average Bonchev–Trinajstić information content (AvgIpc) is 2.73. The van der Waals surface area contributed by atoms with Crippen LogP contribution < -0.4 is 15.0 Å². The van der Waals surface area contributed by atoms with Crippen molar-refractivity contribution >= 4 is 22.8 Å². The number of hydrogen-bond acceptors (Lipinski definition) is 6. The Labute approximate surface area is 143 Å². The van der Waals surface area contributed by atoms with Crippen LogP contribution >= 0.6 is 0 Å². The van der Waals surface area contributed by atoms with Gasteiger partial charge in [0.1, 0.15) is 11.4 Å². The molecule has 0 spiro atoms. The van der Waals surface area contributed by atoms with Gasteiger partial charge < -0.3 is 15.0 Å². The number of nitro groups is 1. The minimum absolute atomic E-state index is 0.0482. The minimum atomic E-state index is -0.738. The molecule has 7 heteroatoms. The second-order valence-electron chi connectivity index (χ2n) is 6.08. The molecule has 0 bridgehead atoms. The number of likely N-dealkylation sites (N-methyl/N-ethyl adjacent to an activating group) is 1. The summed E-state index contributed by atoms with van der Waals surface area (Å²) >= 11 is 0. The summed E-state index contributed by atoms with van der Waals surface area (Å²) in [6, 6.07) is 10.2. The van der Waals surface area contributed by atoms with Crippen molar-refractivity contribution in [3.8, 4) is 5.75 Å². The number of nitrogens with zero attached hydrogens (tertiary/aromatic N) is 2. The van der Waals surface area contributed by atoms with Gasteiger partial charge in [-0.1, -0.05) is 17.7 Å². The average molecular weight is 337 g/mol. The monoisotopic (exact) mass is 337 g/mol. The Morgan fingerprint density at radius 3 is 2.84 bits per heavy atom. The first kappa shape index (κ1) is 15.2. The molecule has 25 heavy (non-hydrogen) atoms. The van der Waals surface area contributed by atoms with Gasteiger partial charge in [-0.05, 0) is 25.1 Å². The van der Waals surface area contributed by atoms with Crippen LogP contribution in [0.2, 0.25) is 0 Å². The summed E-state index contributed by atoms with van der Waals surface area (Å²) in [6.07, 6.45) is 0.835. The molecule has 1 atom stereocenters. The van der Waals surface area contributed by atoms with Crippen LogP contribution in [0.1, 0.15) is 15.9 Å². The molecule has 0 fully saturated rings. The van der Waals surface area contributed by atoms with Gasteiger partial charge in [0.2, 0.25) is 6.23 Å². The normalized spacial score (nSPS) is 18.0. The Kier molecular flexibility index (Phi) is 3.24. The highest BCUT2D eigenvalue weighted by molar-refractivity contribution is 6.13. The Balaban J connectivity index is 1.87. The maximum atomic E-state index is 12.9. The van der Waals surface area contributed by atoms with Crippen LogP contribution in [-0.4, -0.2) is 24.0 Å². The lowest BCUT2D eigenvalue weighted by molar-refractivity contribution is -0.384. The van der Waals surface area contributed by atoms with E-state index in [0.29, 0.717) is 28.3 Å². The summed E-state index contributed by atoms with van der Waals surface area (Å²) in [7, 11) is 1.68. The van der Waals surface area contributed by atoms with Crippen LogP contribution in [0.4, 0.5) is 17.1 Å². The molecule has 0 aromatic heterocycles.